The largest absolute Gasteiger partial charge is 0.476 e. The minimum Gasteiger partial charge on any atom is -0.476 e. The summed E-state index contributed by atoms with van der Waals surface area (Å²) in [5, 5.41) is 15.6. The molecule has 78 valence electrons. The highest BCUT2D eigenvalue weighted by Crippen LogP contribution is 2.17. The lowest BCUT2D eigenvalue weighted by Crippen LogP contribution is -1.96. The number of H-pyrrole nitrogens is 1. The molecule has 0 spiro atoms. The first-order valence-electron chi connectivity index (χ1n) is 4.39. The van der Waals surface area contributed by atoms with Gasteiger partial charge in [0.25, 0.3) is 0 Å². The van der Waals surface area contributed by atoms with Crippen molar-refractivity contribution in [3.63, 3.8) is 0 Å². The van der Waals surface area contributed by atoms with Crippen LogP contribution in [0.2, 0.25) is 0 Å². The third-order valence-electron chi connectivity index (χ3n) is 2.04. The molecule has 0 aliphatic heterocycles. The number of hydrogen-bond acceptors (Lipinski definition) is 3. The van der Waals surface area contributed by atoms with E-state index >= 15 is 0 Å². The Morgan fingerprint density at radius 3 is 3.00 bits per heavy atom. The highest BCUT2D eigenvalue weighted by Gasteiger charge is 2.12. The van der Waals surface area contributed by atoms with Crippen molar-refractivity contribution in [2.24, 2.45) is 0 Å². The second-order valence-corrected chi connectivity index (χ2v) is 3.02. The van der Waals surface area contributed by atoms with E-state index in [1.165, 1.54) is 0 Å². The highest BCUT2D eigenvalue weighted by molar-refractivity contribution is 6.01. The van der Waals surface area contributed by atoms with Crippen molar-refractivity contribution in [2.75, 3.05) is 0 Å². The van der Waals surface area contributed by atoms with Crippen LogP contribution in [-0.4, -0.2) is 27.6 Å². The molecule has 0 bridgehead atoms. The number of benzene rings is 1. The maximum absolute atomic E-state index is 10.8. The Morgan fingerprint density at radius 2 is 2.31 bits per heavy atom. The monoisotopic (exact) mass is 214 g/mol. The van der Waals surface area contributed by atoms with E-state index in [0.717, 1.165) is 0 Å². The normalized spacial score (nSPS) is 9.50. The van der Waals surface area contributed by atoms with E-state index in [1.807, 2.05) is 0 Å². The van der Waals surface area contributed by atoms with Crippen LogP contribution in [0.5, 0.6) is 0 Å². The molecule has 0 atom stereocenters. The Balaban J connectivity index is 2.62. The number of aromatic nitrogens is 2. The summed E-state index contributed by atoms with van der Waals surface area (Å²) in [6, 6.07) is 4.94. The highest BCUT2D eigenvalue weighted by atomic mass is 16.4. The summed E-state index contributed by atoms with van der Waals surface area (Å²) >= 11 is 0. The molecule has 0 aliphatic rings. The number of nitrogens with one attached hydrogen (secondary N) is 1. The smallest absolute Gasteiger partial charge is 0.357 e. The van der Waals surface area contributed by atoms with Gasteiger partial charge in [-0.25, -0.2) is 4.79 Å². The number of carboxylic acids is 1. The molecule has 0 unspecified atom stereocenters. The summed E-state index contributed by atoms with van der Waals surface area (Å²) in [6.45, 7) is 0. The van der Waals surface area contributed by atoms with Crippen molar-refractivity contribution in [1.82, 2.24) is 10.2 Å². The van der Waals surface area contributed by atoms with Gasteiger partial charge >= 0.3 is 5.97 Å². The zero-order chi connectivity index (χ0) is 11.5. The fraction of sp³-hybridized carbons (Fsp3) is 0. The molecule has 16 heavy (non-hydrogen) atoms. The Labute approximate surface area is 90.1 Å². The van der Waals surface area contributed by atoms with Crippen molar-refractivity contribution < 1.29 is 14.7 Å². The Morgan fingerprint density at radius 1 is 1.50 bits per heavy atom. The van der Waals surface area contributed by atoms with Gasteiger partial charge in [-0.3, -0.25) is 9.89 Å². The first-order chi connectivity index (χ1) is 7.72. The van der Waals surface area contributed by atoms with Crippen LogP contribution in [0.15, 0.2) is 18.2 Å². The number of rotatable bonds is 1. The van der Waals surface area contributed by atoms with Gasteiger partial charge in [-0.2, -0.15) is 5.10 Å². The molecule has 5 heteroatoms. The van der Waals surface area contributed by atoms with E-state index < -0.39 is 5.97 Å². The molecule has 0 aliphatic carbocycles. The van der Waals surface area contributed by atoms with E-state index in [0.29, 0.717) is 22.8 Å². The van der Waals surface area contributed by atoms with Crippen LogP contribution in [0, 0.1) is 11.8 Å². The zero-order valence-electron chi connectivity index (χ0n) is 8.02. The molecule has 0 saturated carbocycles. The summed E-state index contributed by atoms with van der Waals surface area (Å²) in [5.74, 6) is 3.75. The van der Waals surface area contributed by atoms with Gasteiger partial charge in [0.05, 0.1) is 5.52 Å². The number of fused-ring (bicyclic) bond motifs is 1. The van der Waals surface area contributed by atoms with Gasteiger partial charge in [-0.1, -0.05) is 5.92 Å². The van der Waals surface area contributed by atoms with Crippen LogP contribution in [-0.2, 0) is 4.79 Å². The first-order valence-corrected chi connectivity index (χ1v) is 4.39. The van der Waals surface area contributed by atoms with Gasteiger partial charge in [0.1, 0.15) is 0 Å². The van der Waals surface area contributed by atoms with Crippen LogP contribution in [0.1, 0.15) is 16.1 Å². The molecule has 1 heterocycles. The van der Waals surface area contributed by atoms with Crippen LogP contribution in [0.3, 0.4) is 0 Å². The van der Waals surface area contributed by atoms with Crippen molar-refractivity contribution >= 4 is 23.2 Å². The maximum Gasteiger partial charge on any atom is 0.357 e. The lowest BCUT2D eigenvalue weighted by molar-refractivity contribution is -0.103. The Hall–Kier alpha value is -2.61. The van der Waals surface area contributed by atoms with Crippen molar-refractivity contribution in [3.05, 3.63) is 29.5 Å². The predicted molar refractivity (Wildman–Crippen MR) is 56.0 cm³/mol. The van der Waals surface area contributed by atoms with Crippen LogP contribution < -0.4 is 0 Å². The van der Waals surface area contributed by atoms with Gasteiger partial charge in [0.15, 0.2) is 12.0 Å². The molecular weight excluding hydrogens is 208 g/mol. The Bertz CT molecular complexity index is 631. The van der Waals surface area contributed by atoms with Gasteiger partial charge in [0.2, 0.25) is 0 Å². The zero-order valence-corrected chi connectivity index (χ0v) is 8.02. The number of carbonyl (C=O) groups is 2. The lowest BCUT2D eigenvalue weighted by Gasteiger charge is -1.92. The molecule has 0 saturated heterocycles. The van der Waals surface area contributed by atoms with E-state index in [-0.39, 0.29) is 5.69 Å². The van der Waals surface area contributed by atoms with Crippen molar-refractivity contribution in [2.45, 2.75) is 0 Å². The topological polar surface area (TPSA) is 83.0 Å². The molecule has 2 rings (SSSR count). The van der Waals surface area contributed by atoms with Crippen LogP contribution in [0.25, 0.3) is 10.9 Å². The predicted octanol–water partition coefficient (Wildman–Crippen LogP) is 0.811. The Kier molecular flexibility index (Phi) is 2.40. The number of carbonyl (C=O) groups excluding carboxylic acids is 1. The minimum absolute atomic E-state index is 0.0512. The molecule has 0 fully saturated rings. The molecule has 2 N–H and O–H groups in total. The quantitative estimate of drug-likeness (QED) is 0.543. The van der Waals surface area contributed by atoms with Crippen molar-refractivity contribution in [1.29, 1.82) is 0 Å². The number of nitrogens with zero attached hydrogens (tertiary/aromatic N) is 1. The SMILES string of the molecule is O=CC#Cc1ccc2[nH]nc(C(=O)O)c2c1. The molecule has 0 radical (unpaired) electrons. The molecule has 0 amide bonds. The van der Waals surface area contributed by atoms with Gasteiger partial charge < -0.3 is 5.11 Å². The molecule has 5 nitrogen and oxygen atoms in total. The summed E-state index contributed by atoms with van der Waals surface area (Å²) in [7, 11) is 0. The van der Waals surface area contributed by atoms with Gasteiger partial charge in [0, 0.05) is 10.9 Å². The third kappa shape index (κ3) is 1.64. The number of hydrogen-bond donors (Lipinski definition) is 2. The average molecular weight is 214 g/mol. The van der Waals surface area contributed by atoms with Crippen LogP contribution in [0.4, 0.5) is 0 Å². The second-order valence-electron chi connectivity index (χ2n) is 3.02. The molecule has 1 aromatic carbocycles. The molecule has 1 aromatic heterocycles. The molecular formula is C11H6N2O3. The maximum atomic E-state index is 10.8. The lowest BCUT2D eigenvalue weighted by atomic mass is 10.1. The van der Waals surface area contributed by atoms with Gasteiger partial charge in [-0.15, -0.1) is 0 Å². The van der Waals surface area contributed by atoms with E-state index in [4.69, 9.17) is 5.11 Å². The van der Waals surface area contributed by atoms with E-state index in [9.17, 15) is 9.59 Å². The number of aldehydes is 1. The number of carboxylic acid groups (broad SMARTS) is 1. The number of aromatic amines is 1. The summed E-state index contributed by atoms with van der Waals surface area (Å²) in [6.07, 6.45) is 0.484. The van der Waals surface area contributed by atoms with E-state index in [2.05, 4.69) is 22.0 Å². The standard InChI is InChI=1S/C11H6N2O3/c14-5-1-2-7-3-4-9-8(6-7)10(11(15)16)13-12-9/h3-6H,(H,12,13)(H,15,16). The number of aromatic carboxylic acids is 1. The second kappa shape index (κ2) is 3.87. The fourth-order valence-electron chi connectivity index (χ4n) is 1.37. The summed E-state index contributed by atoms with van der Waals surface area (Å²) < 4.78 is 0. The van der Waals surface area contributed by atoms with Gasteiger partial charge in [-0.05, 0) is 24.1 Å². The van der Waals surface area contributed by atoms with Crippen molar-refractivity contribution in [3.8, 4) is 11.8 Å². The van der Waals surface area contributed by atoms with E-state index in [1.54, 1.807) is 18.2 Å². The summed E-state index contributed by atoms with van der Waals surface area (Å²) in [4.78, 5) is 20.9. The van der Waals surface area contributed by atoms with Crippen LogP contribution >= 0.6 is 0 Å². The average Bonchev–Trinajstić information content (AvgIpc) is 2.69. The summed E-state index contributed by atoms with van der Waals surface area (Å²) in [5.41, 5.74) is 1.14. The minimum atomic E-state index is -1.10. The third-order valence-corrected chi connectivity index (χ3v) is 2.04. The first kappa shape index (κ1) is 9.93. The molecule has 2 aromatic rings. The fourth-order valence-corrected chi connectivity index (χ4v) is 1.37.